The number of ether oxygens (including phenoxy) is 2. The summed E-state index contributed by atoms with van der Waals surface area (Å²) in [7, 11) is 0. The third-order valence-corrected chi connectivity index (χ3v) is 5.69. The molecule has 1 heterocycles. The van der Waals surface area contributed by atoms with Gasteiger partial charge in [0.05, 0.1) is 6.10 Å². The highest BCUT2D eigenvalue weighted by atomic mass is 16.7. The van der Waals surface area contributed by atoms with Crippen LogP contribution in [0.25, 0.3) is 0 Å². The zero-order chi connectivity index (χ0) is 18.1. The molecule has 1 aliphatic heterocycles. The van der Waals surface area contributed by atoms with Gasteiger partial charge in [0.25, 0.3) is 0 Å². The summed E-state index contributed by atoms with van der Waals surface area (Å²) in [4.78, 5) is 12.2. The van der Waals surface area contributed by atoms with Gasteiger partial charge in [0.2, 0.25) is 0 Å². The Morgan fingerprint density at radius 1 is 1.50 bits per heavy atom. The monoisotopic (exact) mass is 336 g/mol. The van der Waals surface area contributed by atoms with Crippen molar-refractivity contribution < 1.29 is 19.4 Å². The molecular weight excluding hydrogens is 304 g/mol. The molecule has 0 amide bonds. The molecule has 1 N–H and O–H groups in total. The van der Waals surface area contributed by atoms with Crippen molar-refractivity contribution in [3.63, 3.8) is 0 Å². The largest absolute Gasteiger partial charge is 0.456 e. The number of allylic oxidation sites excluding steroid dienone is 2. The number of hydrogen-bond donors (Lipinski definition) is 1. The molecule has 4 nitrogen and oxygen atoms in total. The van der Waals surface area contributed by atoms with E-state index in [0.29, 0.717) is 17.9 Å². The van der Waals surface area contributed by atoms with Crippen LogP contribution in [-0.4, -0.2) is 35.0 Å². The van der Waals surface area contributed by atoms with Gasteiger partial charge >= 0.3 is 5.97 Å². The Hall–Kier alpha value is -1.13. The highest BCUT2D eigenvalue weighted by Gasteiger charge is 2.63. The second-order valence-electron chi connectivity index (χ2n) is 7.81. The summed E-state index contributed by atoms with van der Waals surface area (Å²) >= 11 is 0. The molecule has 0 saturated carbocycles. The molecule has 0 radical (unpaired) electrons. The van der Waals surface area contributed by atoms with Crippen molar-refractivity contribution in [2.75, 3.05) is 0 Å². The van der Waals surface area contributed by atoms with Crippen molar-refractivity contribution in [2.24, 2.45) is 11.8 Å². The quantitative estimate of drug-likeness (QED) is 0.369. The molecule has 4 heteroatoms. The summed E-state index contributed by atoms with van der Waals surface area (Å²) < 4.78 is 11.7. The first kappa shape index (κ1) is 19.2. The summed E-state index contributed by atoms with van der Waals surface area (Å²) in [6.45, 7) is 11.9. The van der Waals surface area contributed by atoms with Gasteiger partial charge in [-0.1, -0.05) is 31.6 Å². The first-order valence-corrected chi connectivity index (χ1v) is 9.06. The van der Waals surface area contributed by atoms with Crippen LogP contribution in [0.4, 0.5) is 0 Å². The Morgan fingerprint density at radius 3 is 2.75 bits per heavy atom. The third-order valence-electron chi connectivity index (χ3n) is 5.69. The normalized spacial score (nSPS) is 39.7. The molecule has 1 fully saturated rings. The topological polar surface area (TPSA) is 59.1 Å². The van der Waals surface area contributed by atoms with Crippen LogP contribution >= 0.6 is 0 Å². The highest BCUT2D eigenvalue weighted by Crippen LogP contribution is 2.47. The molecule has 1 saturated heterocycles. The predicted molar refractivity (Wildman–Crippen MR) is 94.5 cm³/mol. The molecule has 0 bridgehead atoms. The molecular formula is C20H32O4. The second-order valence-corrected chi connectivity index (χ2v) is 7.81. The number of aliphatic hydroxyl groups excluding tert-OH is 1. The van der Waals surface area contributed by atoms with Crippen molar-refractivity contribution in [1.82, 2.24) is 0 Å². The molecule has 0 aromatic heterocycles. The Bertz CT molecular complexity index is 534. The van der Waals surface area contributed by atoms with Crippen molar-refractivity contribution in [3.8, 4) is 0 Å². The van der Waals surface area contributed by atoms with Crippen LogP contribution < -0.4 is 0 Å². The van der Waals surface area contributed by atoms with Gasteiger partial charge in [0, 0.05) is 12.0 Å². The first-order valence-electron chi connectivity index (χ1n) is 9.06. The van der Waals surface area contributed by atoms with Crippen molar-refractivity contribution >= 4 is 5.97 Å². The van der Waals surface area contributed by atoms with E-state index in [-0.39, 0.29) is 24.1 Å². The lowest BCUT2D eigenvalue weighted by Crippen LogP contribution is -2.40. The van der Waals surface area contributed by atoms with Crippen LogP contribution in [-0.2, 0) is 14.3 Å². The first-order chi connectivity index (χ1) is 11.2. The van der Waals surface area contributed by atoms with Gasteiger partial charge in [-0.05, 0) is 52.4 Å². The average molecular weight is 336 g/mol. The minimum absolute atomic E-state index is 0.187. The SMILES string of the molecule is C/C=C(\C)C(=O)O[C@H]1C/C=C(\C)CC[C@@H](C(C)C)[C@@H](O)[C@@H]2O[C@]12C. The van der Waals surface area contributed by atoms with Gasteiger partial charge in [-0.15, -0.1) is 0 Å². The maximum absolute atomic E-state index is 12.2. The van der Waals surface area contributed by atoms with Crippen LogP contribution in [0.15, 0.2) is 23.3 Å². The lowest BCUT2D eigenvalue weighted by atomic mass is 9.79. The molecule has 0 unspecified atom stereocenters. The zero-order valence-electron chi connectivity index (χ0n) is 15.8. The van der Waals surface area contributed by atoms with E-state index in [2.05, 4.69) is 26.8 Å². The predicted octanol–water partition coefficient (Wildman–Crippen LogP) is 3.79. The maximum atomic E-state index is 12.2. The van der Waals surface area contributed by atoms with Crippen LogP contribution in [0.2, 0.25) is 0 Å². The van der Waals surface area contributed by atoms with Crippen molar-refractivity contribution in [2.45, 2.75) is 84.7 Å². The number of carbonyl (C=O) groups excluding carboxylic acids is 1. The Balaban J connectivity index is 2.25. The van der Waals surface area contributed by atoms with Gasteiger partial charge in [-0.3, -0.25) is 0 Å². The summed E-state index contributed by atoms with van der Waals surface area (Å²) in [6, 6.07) is 0. The Morgan fingerprint density at radius 2 is 2.17 bits per heavy atom. The molecule has 0 aromatic rings. The minimum atomic E-state index is -0.607. The van der Waals surface area contributed by atoms with Crippen LogP contribution in [0.5, 0.6) is 0 Å². The average Bonchev–Trinajstić information content (AvgIpc) is 3.22. The fraction of sp³-hybridized carbons (Fsp3) is 0.750. The molecule has 5 atom stereocenters. The third kappa shape index (κ3) is 3.92. The van der Waals surface area contributed by atoms with Gasteiger partial charge in [0.1, 0.15) is 17.8 Å². The summed E-state index contributed by atoms with van der Waals surface area (Å²) in [5.74, 6) is 0.259. The van der Waals surface area contributed by atoms with E-state index in [1.807, 2.05) is 13.8 Å². The lowest BCUT2D eigenvalue weighted by Gasteiger charge is -2.29. The number of fused-ring (bicyclic) bond motifs is 1. The van der Waals surface area contributed by atoms with Crippen LogP contribution in [0.3, 0.4) is 0 Å². The number of aliphatic hydroxyl groups is 1. The smallest absolute Gasteiger partial charge is 0.333 e. The Kier molecular flexibility index (Phi) is 5.92. The molecule has 136 valence electrons. The van der Waals surface area contributed by atoms with Gasteiger partial charge in [0.15, 0.2) is 0 Å². The second kappa shape index (κ2) is 7.40. The van der Waals surface area contributed by atoms with E-state index in [9.17, 15) is 9.90 Å². The number of esters is 1. The van der Waals surface area contributed by atoms with Gasteiger partial charge in [-0.2, -0.15) is 0 Å². The van der Waals surface area contributed by atoms with E-state index in [0.717, 1.165) is 12.8 Å². The van der Waals surface area contributed by atoms with Gasteiger partial charge < -0.3 is 14.6 Å². The number of epoxide rings is 1. The molecule has 0 spiro atoms. The standard InChI is InChI=1S/C20H32O4/c1-7-14(5)19(22)23-16-11-9-13(4)8-10-15(12(2)3)17(21)18-20(16,6)24-18/h7,9,12,15-18,21H,8,10-11H2,1-6H3/b13-9+,14-7+/t15-,16-,17+,18-,20+/m0/s1. The summed E-state index contributed by atoms with van der Waals surface area (Å²) in [5, 5.41) is 10.8. The fourth-order valence-corrected chi connectivity index (χ4v) is 3.57. The fourth-order valence-electron chi connectivity index (χ4n) is 3.57. The molecule has 2 aliphatic rings. The van der Waals surface area contributed by atoms with Crippen LogP contribution in [0.1, 0.15) is 60.8 Å². The van der Waals surface area contributed by atoms with E-state index in [1.165, 1.54) is 5.57 Å². The van der Waals surface area contributed by atoms with E-state index >= 15 is 0 Å². The van der Waals surface area contributed by atoms with Crippen molar-refractivity contribution in [1.29, 1.82) is 0 Å². The van der Waals surface area contributed by atoms with E-state index in [1.54, 1.807) is 13.0 Å². The maximum Gasteiger partial charge on any atom is 0.333 e. The van der Waals surface area contributed by atoms with E-state index < -0.39 is 11.7 Å². The summed E-state index contributed by atoms with van der Waals surface area (Å²) in [6.07, 6.45) is 5.28. The number of rotatable bonds is 3. The zero-order valence-corrected chi connectivity index (χ0v) is 15.8. The molecule has 0 aromatic carbocycles. The van der Waals surface area contributed by atoms with Crippen LogP contribution in [0, 0.1) is 11.8 Å². The highest BCUT2D eigenvalue weighted by molar-refractivity contribution is 5.87. The lowest BCUT2D eigenvalue weighted by molar-refractivity contribution is -0.147. The van der Waals surface area contributed by atoms with Gasteiger partial charge in [-0.25, -0.2) is 4.79 Å². The van der Waals surface area contributed by atoms with E-state index in [4.69, 9.17) is 9.47 Å². The van der Waals surface area contributed by atoms with Crippen molar-refractivity contribution in [3.05, 3.63) is 23.3 Å². The number of hydrogen-bond acceptors (Lipinski definition) is 4. The minimum Gasteiger partial charge on any atom is -0.456 e. The number of carbonyl (C=O) groups is 1. The Labute approximate surface area is 145 Å². The molecule has 1 aliphatic carbocycles. The molecule has 24 heavy (non-hydrogen) atoms. The summed E-state index contributed by atoms with van der Waals surface area (Å²) in [5.41, 5.74) is 1.26. The molecule has 2 rings (SSSR count).